The molecule has 0 aromatic heterocycles. The molecule has 0 saturated carbocycles. The fourth-order valence-corrected chi connectivity index (χ4v) is 2.39. The monoisotopic (exact) mass is 266 g/mol. The summed E-state index contributed by atoms with van der Waals surface area (Å²) in [5, 5.41) is 0. The first-order chi connectivity index (χ1) is 8.70. The van der Waals surface area contributed by atoms with Crippen LogP contribution in [0.4, 0.5) is 0 Å². The molecule has 1 aromatic carbocycles. The molecular weight excluding hydrogens is 248 g/mol. The second-order valence-corrected chi connectivity index (χ2v) is 5.05. The summed E-state index contributed by atoms with van der Waals surface area (Å²) in [7, 11) is 2.10. The molecule has 1 saturated heterocycles. The van der Waals surface area contributed by atoms with Crippen LogP contribution in [0.1, 0.15) is 22.3 Å². The molecular formula is C14H19ClN2O. The smallest absolute Gasteiger partial charge is 0.253 e. The topological polar surface area (TPSA) is 23.6 Å². The van der Waals surface area contributed by atoms with Crippen molar-refractivity contribution < 1.29 is 4.79 Å². The zero-order valence-corrected chi connectivity index (χ0v) is 11.5. The lowest BCUT2D eigenvalue weighted by molar-refractivity contribution is 0.0762. The molecule has 0 spiro atoms. The van der Waals surface area contributed by atoms with Crippen molar-refractivity contribution in [3.05, 3.63) is 35.4 Å². The second kappa shape index (κ2) is 6.21. The summed E-state index contributed by atoms with van der Waals surface area (Å²) >= 11 is 5.80. The molecule has 0 aliphatic carbocycles. The normalized spacial score (nSPS) is 17.6. The van der Waals surface area contributed by atoms with Crippen LogP contribution < -0.4 is 0 Å². The lowest BCUT2D eigenvalue weighted by atomic mass is 10.1. The number of rotatable bonds is 2. The predicted molar refractivity (Wildman–Crippen MR) is 74.0 cm³/mol. The first-order valence-corrected chi connectivity index (χ1v) is 6.87. The lowest BCUT2D eigenvalue weighted by Gasteiger charge is -2.20. The number of carbonyl (C=O) groups excluding carboxylic acids is 1. The Balaban J connectivity index is 2.09. The molecule has 0 N–H and O–H groups in total. The summed E-state index contributed by atoms with van der Waals surface area (Å²) in [5.41, 5.74) is 1.74. The summed E-state index contributed by atoms with van der Waals surface area (Å²) in [5.74, 6) is 0.571. The molecule has 1 fully saturated rings. The maximum absolute atomic E-state index is 12.4. The molecule has 0 unspecified atom stereocenters. The van der Waals surface area contributed by atoms with Crippen LogP contribution in [0.3, 0.4) is 0 Å². The highest BCUT2D eigenvalue weighted by Crippen LogP contribution is 2.12. The van der Waals surface area contributed by atoms with Gasteiger partial charge < -0.3 is 9.80 Å². The van der Waals surface area contributed by atoms with E-state index in [-0.39, 0.29) is 5.91 Å². The summed E-state index contributed by atoms with van der Waals surface area (Å²) in [4.78, 5) is 16.6. The van der Waals surface area contributed by atoms with Gasteiger partial charge in [0.05, 0.1) is 0 Å². The Kier molecular flexibility index (Phi) is 4.61. The van der Waals surface area contributed by atoms with Crippen molar-refractivity contribution in [2.24, 2.45) is 0 Å². The van der Waals surface area contributed by atoms with Gasteiger partial charge in [0.15, 0.2) is 0 Å². The van der Waals surface area contributed by atoms with Crippen LogP contribution in [0.2, 0.25) is 0 Å². The molecule has 0 atom stereocenters. The SMILES string of the molecule is CN1CCCN(C(=O)c2cccc(CCl)c2)CC1. The quantitative estimate of drug-likeness (QED) is 0.767. The highest BCUT2D eigenvalue weighted by Gasteiger charge is 2.18. The Hall–Kier alpha value is -1.06. The maximum atomic E-state index is 12.4. The van der Waals surface area contributed by atoms with Gasteiger partial charge in [-0.05, 0) is 37.7 Å². The minimum absolute atomic E-state index is 0.122. The molecule has 98 valence electrons. The van der Waals surface area contributed by atoms with Crippen LogP contribution in [0, 0.1) is 0 Å². The van der Waals surface area contributed by atoms with Crippen molar-refractivity contribution in [3.63, 3.8) is 0 Å². The molecule has 1 aromatic rings. The van der Waals surface area contributed by atoms with Crippen molar-refractivity contribution in [1.29, 1.82) is 0 Å². The van der Waals surface area contributed by atoms with E-state index in [1.54, 1.807) is 0 Å². The minimum atomic E-state index is 0.122. The van der Waals surface area contributed by atoms with Gasteiger partial charge in [0.2, 0.25) is 0 Å². The molecule has 0 radical (unpaired) electrons. The summed E-state index contributed by atoms with van der Waals surface area (Å²) in [6, 6.07) is 7.60. The van der Waals surface area contributed by atoms with Gasteiger partial charge in [-0.2, -0.15) is 0 Å². The number of carbonyl (C=O) groups is 1. The summed E-state index contributed by atoms with van der Waals surface area (Å²) in [6.45, 7) is 3.65. The van der Waals surface area contributed by atoms with Gasteiger partial charge in [0.1, 0.15) is 0 Å². The average molecular weight is 267 g/mol. The molecule has 1 aliphatic heterocycles. The zero-order valence-electron chi connectivity index (χ0n) is 10.7. The molecule has 3 nitrogen and oxygen atoms in total. The summed E-state index contributed by atoms with van der Waals surface area (Å²) < 4.78 is 0. The number of alkyl halides is 1. The maximum Gasteiger partial charge on any atom is 0.253 e. The molecule has 0 bridgehead atoms. The number of hydrogen-bond acceptors (Lipinski definition) is 2. The Morgan fingerprint density at radius 3 is 2.89 bits per heavy atom. The second-order valence-electron chi connectivity index (χ2n) is 4.78. The Bertz CT molecular complexity index is 422. The number of likely N-dealkylation sites (N-methyl/N-ethyl adjacent to an activating group) is 1. The molecule has 18 heavy (non-hydrogen) atoms. The average Bonchev–Trinajstić information content (AvgIpc) is 2.63. The fraction of sp³-hybridized carbons (Fsp3) is 0.500. The van der Waals surface area contributed by atoms with Gasteiger partial charge in [-0.1, -0.05) is 12.1 Å². The number of nitrogens with zero attached hydrogens (tertiary/aromatic N) is 2. The third-order valence-electron chi connectivity index (χ3n) is 3.33. The van der Waals surface area contributed by atoms with Gasteiger partial charge >= 0.3 is 0 Å². The molecule has 1 aliphatic rings. The Labute approximate surface area is 113 Å². The number of hydrogen-bond donors (Lipinski definition) is 0. The number of halogens is 1. The first-order valence-electron chi connectivity index (χ1n) is 6.33. The Morgan fingerprint density at radius 1 is 1.28 bits per heavy atom. The van der Waals surface area contributed by atoms with E-state index in [9.17, 15) is 4.79 Å². The van der Waals surface area contributed by atoms with Crippen molar-refractivity contribution in [2.75, 3.05) is 33.2 Å². The number of amides is 1. The summed E-state index contributed by atoms with van der Waals surface area (Å²) in [6.07, 6.45) is 1.04. The van der Waals surface area contributed by atoms with Crippen LogP contribution in [-0.4, -0.2) is 48.9 Å². The van der Waals surface area contributed by atoms with Gasteiger partial charge in [0, 0.05) is 31.1 Å². The predicted octanol–water partition coefficient (Wildman–Crippen LogP) is 2.20. The van der Waals surface area contributed by atoms with Crippen molar-refractivity contribution in [3.8, 4) is 0 Å². The standard InChI is InChI=1S/C14H19ClN2O/c1-16-6-3-7-17(9-8-16)14(18)13-5-2-4-12(10-13)11-15/h2,4-5,10H,3,6-9,11H2,1H3. The van der Waals surface area contributed by atoms with Gasteiger partial charge in [-0.25, -0.2) is 0 Å². The van der Waals surface area contributed by atoms with E-state index in [0.29, 0.717) is 5.88 Å². The zero-order chi connectivity index (χ0) is 13.0. The van der Waals surface area contributed by atoms with E-state index in [1.165, 1.54) is 0 Å². The largest absolute Gasteiger partial charge is 0.337 e. The van der Waals surface area contributed by atoms with E-state index in [4.69, 9.17) is 11.6 Å². The van der Waals surface area contributed by atoms with Crippen molar-refractivity contribution >= 4 is 17.5 Å². The van der Waals surface area contributed by atoms with E-state index < -0.39 is 0 Å². The fourth-order valence-electron chi connectivity index (χ4n) is 2.22. The van der Waals surface area contributed by atoms with Gasteiger partial charge in [-0.3, -0.25) is 4.79 Å². The van der Waals surface area contributed by atoms with E-state index in [0.717, 1.165) is 43.7 Å². The van der Waals surface area contributed by atoms with Crippen molar-refractivity contribution in [2.45, 2.75) is 12.3 Å². The first kappa shape index (κ1) is 13.4. The molecule has 1 heterocycles. The van der Waals surface area contributed by atoms with E-state index in [2.05, 4.69) is 11.9 Å². The lowest BCUT2D eigenvalue weighted by Crippen LogP contribution is -2.34. The van der Waals surface area contributed by atoms with Crippen molar-refractivity contribution in [1.82, 2.24) is 9.80 Å². The third-order valence-corrected chi connectivity index (χ3v) is 3.64. The van der Waals surface area contributed by atoms with E-state index in [1.807, 2.05) is 29.2 Å². The van der Waals surface area contributed by atoms with E-state index >= 15 is 0 Å². The van der Waals surface area contributed by atoms with Crippen LogP contribution in [-0.2, 0) is 5.88 Å². The number of benzene rings is 1. The molecule has 2 rings (SSSR count). The highest BCUT2D eigenvalue weighted by molar-refractivity contribution is 6.17. The van der Waals surface area contributed by atoms with Gasteiger partial charge in [0.25, 0.3) is 5.91 Å². The molecule has 4 heteroatoms. The van der Waals surface area contributed by atoms with Crippen LogP contribution >= 0.6 is 11.6 Å². The molecule has 1 amide bonds. The van der Waals surface area contributed by atoms with Crippen LogP contribution in [0.5, 0.6) is 0 Å². The third kappa shape index (κ3) is 3.24. The minimum Gasteiger partial charge on any atom is -0.337 e. The van der Waals surface area contributed by atoms with Crippen LogP contribution in [0.25, 0.3) is 0 Å². The Morgan fingerprint density at radius 2 is 2.11 bits per heavy atom. The van der Waals surface area contributed by atoms with Crippen LogP contribution in [0.15, 0.2) is 24.3 Å². The van der Waals surface area contributed by atoms with Gasteiger partial charge in [-0.15, -0.1) is 11.6 Å². The highest BCUT2D eigenvalue weighted by atomic mass is 35.5.